The second kappa shape index (κ2) is 4.91. The molecule has 0 amide bonds. The Morgan fingerprint density at radius 3 is 2.50 bits per heavy atom. The van der Waals surface area contributed by atoms with Gasteiger partial charge in [0, 0.05) is 18.7 Å². The molecule has 0 bridgehead atoms. The van der Waals surface area contributed by atoms with Crippen LogP contribution < -0.4 is 5.32 Å². The fourth-order valence-electron chi connectivity index (χ4n) is 2.63. The number of alkyl halides is 3. The molecule has 0 aromatic carbocycles. The molecule has 1 saturated heterocycles. The van der Waals surface area contributed by atoms with Crippen molar-refractivity contribution in [3.8, 4) is 0 Å². The maximum absolute atomic E-state index is 12.6. The standard InChI is InChI=1S/C12H18F3N3/c1-8(9-3-5-16-6-4-9)10-7-11(12(13,14)15)17-18(10)2/h7-9,16H,3-6H2,1-2H3. The molecule has 1 aromatic heterocycles. The fraction of sp³-hybridized carbons (Fsp3) is 0.750. The van der Waals surface area contributed by atoms with Crippen molar-refractivity contribution in [2.75, 3.05) is 13.1 Å². The van der Waals surface area contributed by atoms with Crippen molar-refractivity contribution in [1.29, 1.82) is 0 Å². The van der Waals surface area contributed by atoms with Gasteiger partial charge in [-0.25, -0.2) is 0 Å². The Bertz CT molecular complexity index is 405. The molecular weight excluding hydrogens is 243 g/mol. The van der Waals surface area contributed by atoms with Gasteiger partial charge in [0.2, 0.25) is 0 Å². The zero-order valence-electron chi connectivity index (χ0n) is 10.6. The Morgan fingerprint density at radius 1 is 1.39 bits per heavy atom. The van der Waals surface area contributed by atoms with Crippen LogP contribution in [-0.4, -0.2) is 22.9 Å². The SMILES string of the molecule is CC(c1cc(C(F)(F)F)nn1C)C1CCNCC1. The predicted molar refractivity (Wildman–Crippen MR) is 62.2 cm³/mol. The molecule has 6 heteroatoms. The molecule has 0 aliphatic carbocycles. The van der Waals surface area contributed by atoms with E-state index in [0.29, 0.717) is 11.6 Å². The number of nitrogens with one attached hydrogen (secondary N) is 1. The summed E-state index contributed by atoms with van der Waals surface area (Å²) in [5.41, 5.74) is -0.116. The number of piperidine rings is 1. The van der Waals surface area contributed by atoms with Gasteiger partial charge < -0.3 is 5.32 Å². The van der Waals surface area contributed by atoms with Gasteiger partial charge in [0.15, 0.2) is 5.69 Å². The molecule has 1 aliphatic rings. The van der Waals surface area contributed by atoms with E-state index in [2.05, 4.69) is 10.4 Å². The summed E-state index contributed by atoms with van der Waals surface area (Å²) < 4.78 is 39.2. The van der Waals surface area contributed by atoms with Crippen LogP contribution >= 0.6 is 0 Å². The minimum Gasteiger partial charge on any atom is -0.317 e. The van der Waals surface area contributed by atoms with Crippen LogP contribution in [0.25, 0.3) is 0 Å². The predicted octanol–water partition coefficient (Wildman–Crippen LogP) is 2.54. The lowest BCUT2D eigenvalue weighted by Crippen LogP contribution is -2.30. The quantitative estimate of drug-likeness (QED) is 0.886. The first-order valence-electron chi connectivity index (χ1n) is 6.21. The lowest BCUT2D eigenvalue weighted by atomic mass is 9.84. The molecule has 0 spiro atoms. The van der Waals surface area contributed by atoms with Crippen molar-refractivity contribution in [3.05, 3.63) is 17.5 Å². The third-order valence-electron chi connectivity index (χ3n) is 3.76. The van der Waals surface area contributed by atoms with E-state index in [9.17, 15) is 13.2 Å². The van der Waals surface area contributed by atoms with E-state index < -0.39 is 11.9 Å². The third-order valence-corrected chi connectivity index (χ3v) is 3.76. The summed E-state index contributed by atoms with van der Waals surface area (Å²) in [6, 6.07) is 1.19. The molecule has 2 heterocycles. The van der Waals surface area contributed by atoms with Crippen LogP contribution in [-0.2, 0) is 13.2 Å². The molecule has 3 nitrogen and oxygen atoms in total. The van der Waals surface area contributed by atoms with E-state index in [4.69, 9.17) is 0 Å². The van der Waals surface area contributed by atoms with Crippen LogP contribution in [0.2, 0.25) is 0 Å². The van der Waals surface area contributed by atoms with E-state index >= 15 is 0 Å². The third kappa shape index (κ3) is 2.68. The zero-order valence-corrected chi connectivity index (χ0v) is 10.6. The van der Waals surface area contributed by atoms with E-state index in [1.165, 1.54) is 10.7 Å². The first-order chi connectivity index (χ1) is 8.39. The number of rotatable bonds is 2. The average molecular weight is 261 g/mol. The second-order valence-corrected chi connectivity index (χ2v) is 4.95. The van der Waals surface area contributed by atoms with E-state index in [1.54, 1.807) is 7.05 Å². The van der Waals surface area contributed by atoms with Crippen molar-refractivity contribution in [1.82, 2.24) is 15.1 Å². The first-order valence-corrected chi connectivity index (χ1v) is 6.21. The summed E-state index contributed by atoms with van der Waals surface area (Å²) >= 11 is 0. The molecule has 1 fully saturated rings. The van der Waals surface area contributed by atoms with Crippen LogP contribution in [0, 0.1) is 5.92 Å². The lowest BCUT2D eigenvalue weighted by Gasteiger charge is -2.28. The number of hydrogen-bond acceptors (Lipinski definition) is 2. The summed E-state index contributed by atoms with van der Waals surface area (Å²) in [6.07, 6.45) is -2.34. The Morgan fingerprint density at radius 2 is 2.00 bits per heavy atom. The highest BCUT2D eigenvalue weighted by molar-refractivity contribution is 5.17. The zero-order chi connectivity index (χ0) is 13.3. The fourth-order valence-corrected chi connectivity index (χ4v) is 2.63. The molecule has 2 rings (SSSR count). The monoisotopic (exact) mass is 261 g/mol. The molecule has 102 valence electrons. The van der Waals surface area contributed by atoms with Gasteiger partial charge in [-0.3, -0.25) is 4.68 Å². The molecule has 1 atom stereocenters. The first kappa shape index (κ1) is 13.4. The normalized spacial score (nSPS) is 20.1. The van der Waals surface area contributed by atoms with Gasteiger partial charge >= 0.3 is 6.18 Å². The number of aromatic nitrogens is 2. The van der Waals surface area contributed by atoms with E-state index in [-0.39, 0.29) is 5.92 Å². The van der Waals surface area contributed by atoms with Gasteiger partial charge in [-0.1, -0.05) is 6.92 Å². The van der Waals surface area contributed by atoms with Crippen LogP contribution in [0.1, 0.15) is 37.1 Å². The van der Waals surface area contributed by atoms with Crippen molar-refractivity contribution in [2.24, 2.45) is 13.0 Å². The average Bonchev–Trinajstić information content (AvgIpc) is 2.71. The minimum absolute atomic E-state index is 0.112. The topological polar surface area (TPSA) is 29.9 Å². The number of aryl methyl sites for hydroxylation is 1. The number of hydrogen-bond donors (Lipinski definition) is 1. The number of nitrogens with zero attached hydrogens (tertiary/aromatic N) is 2. The summed E-state index contributed by atoms with van der Waals surface area (Å²) in [6.45, 7) is 3.88. The highest BCUT2D eigenvalue weighted by atomic mass is 19.4. The Kier molecular flexibility index (Phi) is 3.66. The van der Waals surface area contributed by atoms with Gasteiger partial charge in [-0.15, -0.1) is 0 Å². The summed E-state index contributed by atoms with van der Waals surface area (Å²) in [7, 11) is 1.59. The van der Waals surface area contributed by atoms with Gasteiger partial charge in [0.25, 0.3) is 0 Å². The maximum Gasteiger partial charge on any atom is 0.435 e. The van der Waals surface area contributed by atoms with E-state index in [1.807, 2.05) is 6.92 Å². The lowest BCUT2D eigenvalue weighted by molar-refractivity contribution is -0.141. The van der Waals surface area contributed by atoms with Crippen LogP contribution in [0.3, 0.4) is 0 Å². The minimum atomic E-state index is -4.36. The highest BCUT2D eigenvalue weighted by Gasteiger charge is 2.35. The Hall–Kier alpha value is -1.04. The van der Waals surface area contributed by atoms with Crippen LogP contribution in [0.15, 0.2) is 6.07 Å². The Balaban J connectivity index is 2.19. The summed E-state index contributed by atoms with van der Waals surface area (Å²) in [4.78, 5) is 0. The summed E-state index contributed by atoms with van der Waals surface area (Å²) in [5, 5.41) is 6.84. The smallest absolute Gasteiger partial charge is 0.317 e. The molecular formula is C12H18F3N3. The molecule has 0 radical (unpaired) electrons. The van der Waals surface area contributed by atoms with Crippen molar-refractivity contribution >= 4 is 0 Å². The highest BCUT2D eigenvalue weighted by Crippen LogP contribution is 2.34. The van der Waals surface area contributed by atoms with Crippen molar-refractivity contribution in [2.45, 2.75) is 31.9 Å². The van der Waals surface area contributed by atoms with Gasteiger partial charge in [0.1, 0.15) is 0 Å². The molecule has 1 unspecified atom stereocenters. The van der Waals surface area contributed by atoms with Crippen molar-refractivity contribution < 1.29 is 13.2 Å². The largest absolute Gasteiger partial charge is 0.435 e. The molecule has 1 N–H and O–H groups in total. The van der Waals surface area contributed by atoms with E-state index in [0.717, 1.165) is 25.9 Å². The Labute approximate surface area is 104 Å². The van der Waals surface area contributed by atoms with Crippen LogP contribution in [0.4, 0.5) is 13.2 Å². The molecule has 1 aliphatic heterocycles. The van der Waals surface area contributed by atoms with Crippen molar-refractivity contribution in [3.63, 3.8) is 0 Å². The molecule has 18 heavy (non-hydrogen) atoms. The maximum atomic E-state index is 12.6. The van der Waals surface area contributed by atoms with Crippen LogP contribution in [0.5, 0.6) is 0 Å². The van der Waals surface area contributed by atoms with Gasteiger partial charge in [-0.2, -0.15) is 18.3 Å². The second-order valence-electron chi connectivity index (χ2n) is 4.95. The van der Waals surface area contributed by atoms with Gasteiger partial charge in [0.05, 0.1) is 0 Å². The van der Waals surface area contributed by atoms with Gasteiger partial charge in [-0.05, 0) is 37.9 Å². The molecule has 0 saturated carbocycles. The summed E-state index contributed by atoms with van der Waals surface area (Å²) in [5.74, 6) is 0.545. The number of halogens is 3. The molecule has 1 aromatic rings.